The predicted octanol–water partition coefficient (Wildman–Crippen LogP) is 2.87. The molecule has 1 aromatic heterocycles. The lowest BCUT2D eigenvalue weighted by Gasteiger charge is -2.12. The smallest absolute Gasteiger partial charge is 0.252 e. The second-order valence-electron chi connectivity index (χ2n) is 7.64. The van der Waals surface area contributed by atoms with Gasteiger partial charge in [0.15, 0.2) is 17.1 Å². The number of anilines is 1. The van der Waals surface area contributed by atoms with Gasteiger partial charge in [-0.25, -0.2) is 4.98 Å². The van der Waals surface area contributed by atoms with E-state index in [1.165, 1.54) is 6.20 Å². The van der Waals surface area contributed by atoms with Gasteiger partial charge in [-0.15, -0.1) is 0 Å². The van der Waals surface area contributed by atoms with Gasteiger partial charge in [0.1, 0.15) is 0 Å². The summed E-state index contributed by atoms with van der Waals surface area (Å²) in [6.07, 6.45) is 7.05. The highest BCUT2D eigenvalue weighted by atomic mass is 16.7. The maximum absolute atomic E-state index is 12.5. The quantitative estimate of drug-likeness (QED) is 0.845. The van der Waals surface area contributed by atoms with Gasteiger partial charge in [-0.2, -0.15) is 0 Å². The molecule has 0 bridgehead atoms. The van der Waals surface area contributed by atoms with Crippen LogP contribution in [-0.4, -0.2) is 45.7 Å². The lowest BCUT2D eigenvalue weighted by molar-refractivity contribution is -0.128. The highest BCUT2D eigenvalue weighted by Gasteiger charge is 2.40. The zero-order valence-corrected chi connectivity index (χ0v) is 17.0. The van der Waals surface area contributed by atoms with Crippen LogP contribution in [0.15, 0.2) is 52.4 Å². The number of nitrogens with zero attached hydrogens (tertiary/aromatic N) is 4. The Balaban J connectivity index is 1.56. The zero-order chi connectivity index (χ0) is 21.3. The number of aliphatic imine (C=N–C) groups is 1. The maximum Gasteiger partial charge on any atom is 0.252 e. The molecule has 30 heavy (non-hydrogen) atoms. The molecule has 2 aromatic rings. The monoisotopic (exact) mass is 403 g/mol. The highest BCUT2D eigenvalue weighted by Crippen LogP contribution is 2.27. The van der Waals surface area contributed by atoms with E-state index in [9.17, 15) is 9.59 Å². The number of allylic oxidation sites excluding steroid dienone is 1. The third kappa shape index (κ3) is 3.76. The van der Waals surface area contributed by atoms with Crippen molar-refractivity contribution in [1.82, 2.24) is 9.97 Å². The number of hydrogen-bond acceptors (Lipinski definition) is 7. The van der Waals surface area contributed by atoms with Crippen LogP contribution in [0.1, 0.15) is 31.4 Å². The van der Waals surface area contributed by atoms with Gasteiger partial charge in [0.25, 0.3) is 5.91 Å². The molecule has 0 saturated carbocycles. The summed E-state index contributed by atoms with van der Waals surface area (Å²) in [4.78, 5) is 42.9. The molecule has 0 fully saturated rings. The van der Waals surface area contributed by atoms with Crippen molar-refractivity contribution in [2.24, 2.45) is 10.1 Å². The molecule has 0 aliphatic carbocycles. The van der Waals surface area contributed by atoms with Gasteiger partial charge in [0, 0.05) is 29.5 Å². The van der Waals surface area contributed by atoms with Gasteiger partial charge in [0.05, 0.1) is 18.1 Å². The molecule has 1 amide bonds. The normalized spacial score (nSPS) is 17.2. The first kappa shape index (κ1) is 19.6. The van der Waals surface area contributed by atoms with E-state index in [4.69, 9.17) is 4.84 Å². The van der Waals surface area contributed by atoms with E-state index in [0.717, 1.165) is 11.1 Å². The van der Waals surface area contributed by atoms with Gasteiger partial charge in [-0.05, 0) is 44.9 Å². The molecule has 0 spiro atoms. The van der Waals surface area contributed by atoms with Crippen molar-refractivity contribution in [1.29, 1.82) is 0 Å². The Morgan fingerprint density at radius 2 is 2.03 bits per heavy atom. The molecule has 4 rings (SSSR count). The number of Topliss-reactive ketones (excluding diaryl/α,β-unsaturated/α-hetero) is 1. The number of aromatic nitrogens is 2. The first-order chi connectivity index (χ1) is 14.3. The number of oxime groups is 1. The molecule has 0 radical (unpaired) electrons. The second-order valence-corrected chi connectivity index (χ2v) is 7.64. The van der Waals surface area contributed by atoms with Gasteiger partial charge >= 0.3 is 0 Å². The minimum Gasteiger partial charge on any atom is -0.381 e. The molecule has 152 valence electrons. The molecule has 2 aliphatic rings. The lowest BCUT2D eigenvalue weighted by atomic mass is 9.93. The average Bonchev–Trinajstić information content (AvgIpc) is 3.02. The van der Waals surface area contributed by atoms with Gasteiger partial charge in [-0.1, -0.05) is 17.3 Å². The summed E-state index contributed by atoms with van der Waals surface area (Å²) in [5.74, 6) is -0.00303. The van der Waals surface area contributed by atoms with Crippen molar-refractivity contribution in [3.8, 4) is 11.3 Å². The molecule has 0 saturated heterocycles. The molecule has 3 heterocycles. The number of amides is 1. The molecule has 0 atom stereocenters. The number of benzene rings is 1. The SMILES string of the molecule is Cc1ccc(C2=NOC(C)(C)C2=O)cc1-c1cnc(NC(=O)C2=CC=NCC2)cn1. The summed E-state index contributed by atoms with van der Waals surface area (Å²) in [5.41, 5.74) is 3.08. The summed E-state index contributed by atoms with van der Waals surface area (Å²) in [6, 6.07) is 5.59. The lowest BCUT2D eigenvalue weighted by Crippen LogP contribution is -2.33. The van der Waals surface area contributed by atoms with Gasteiger partial charge in [-0.3, -0.25) is 19.6 Å². The first-order valence-corrected chi connectivity index (χ1v) is 9.60. The maximum atomic E-state index is 12.5. The summed E-state index contributed by atoms with van der Waals surface area (Å²) in [7, 11) is 0. The Kier molecular flexibility index (Phi) is 4.99. The largest absolute Gasteiger partial charge is 0.381 e. The Labute approximate surface area is 173 Å². The van der Waals surface area contributed by atoms with E-state index in [1.807, 2.05) is 25.1 Å². The van der Waals surface area contributed by atoms with E-state index in [0.29, 0.717) is 41.3 Å². The van der Waals surface area contributed by atoms with Crippen molar-refractivity contribution >= 4 is 29.4 Å². The number of dihydropyridines is 1. The molecule has 8 heteroatoms. The summed E-state index contributed by atoms with van der Waals surface area (Å²) in [6.45, 7) is 5.94. The van der Waals surface area contributed by atoms with Crippen LogP contribution in [0.25, 0.3) is 11.3 Å². The average molecular weight is 403 g/mol. The number of hydrogen-bond donors (Lipinski definition) is 1. The first-order valence-electron chi connectivity index (χ1n) is 9.60. The Morgan fingerprint density at radius 1 is 1.20 bits per heavy atom. The van der Waals surface area contributed by atoms with Crippen LogP contribution in [0.3, 0.4) is 0 Å². The number of ketones is 1. The van der Waals surface area contributed by atoms with E-state index in [1.54, 1.807) is 32.3 Å². The van der Waals surface area contributed by atoms with Gasteiger partial charge < -0.3 is 10.2 Å². The summed E-state index contributed by atoms with van der Waals surface area (Å²) < 4.78 is 0. The molecule has 1 N–H and O–H groups in total. The fraction of sp³-hybridized carbons (Fsp3) is 0.273. The molecular formula is C22H21N5O3. The third-order valence-corrected chi connectivity index (χ3v) is 4.99. The van der Waals surface area contributed by atoms with Crippen LogP contribution < -0.4 is 5.32 Å². The Morgan fingerprint density at radius 3 is 2.67 bits per heavy atom. The van der Waals surface area contributed by atoms with Crippen LogP contribution in [0, 0.1) is 6.92 Å². The zero-order valence-electron chi connectivity index (χ0n) is 17.0. The molecule has 2 aliphatic heterocycles. The van der Waals surface area contributed by atoms with Crippen molar-refractivity contribution in [2.45, 2.75) is 32.8 Å². The topological polar surface area (TPSA) is 106 Å². The number of carbonyl (C=O) groups excluding carboxylic acids is 2. The van der Waals surface area contributed by atoms with Crippen molar-refractivity contribution in [2.75, 3.05) is 11.9 Å². The van der Waals surface area contributed by atoms with E-state index in [-0.39, 0.29) is 11.7 Å². The van der Waals surface area contributed by atoms with E-state index in [2.05, 4.69) is 25.4 Å². The van der Waals surface area contributed by atoms with Crippen LogP contribution in [0.5, 0.6) is 0 Å². The molecular weight excluding hydrogens is 382 g/mol. The molecule has 1 aromatic carbocycles. The van der Waals surface area contributed by atoms with E-state index >= 15 is 0 Å². The van der Waals surface area contributed by atoms with Crippen LogP contribution in [0.2, 0.25) is 0 Å². The molecule has 8 nitrogen and oxygen atoms in total. The fourth-order valence-electron chi connectivity index (χ4n) is 3.16. The van der Waals surface area contributed by atoms with Crippen molar-refractivity contribution in [3.63, 3.8) is 0 Å². The van der Waals surface area contributed by atoms with Crippen molar-refractivity contribution < 1.29 is 14.4 Å². The van der Waals surface area contributed by atoms with Crippen molar-refractivity contribution in [3.05, 3.63) is 53.4 Å². The predicted molar refractivity (Wildman–Crippen MR) is 114 cm³/mol. The van der Waals surface area contributed by atoms with Gasteiger partial charge in [0.2, 0.25) is 5.78 Å². The number of aryl methyl sites for hydroxylation is 1. The van der Waals surface area contributed by atoms with Crippen LogP contribution in [-0.2, 0) is 14.4 Å². The highest BCUT2D eigenvalue weighted by molar-refractivity contribution is 6.49. The van der Waals surface area contributed by atoms with Crippen LogP contribution >= 0.6 is 0 Å². The second kappa shape index (κ2) is 7.62. The number of rotatable bonds is 4. The molecule has 0 unspecified atom stereocenters. The number of carbonyl (C=O) groups is 2. The summed E-state index contributed by atoms with van der Waals surface area (Å²) in [5, 5.41) is 6.72. The fourth-order valence-corrected chi connectivity index (χ4v) is 3.16. The number of nitrogens with one attached hydrogen (secondary N) is 1. The Hall–Kier alpha value is -3.68. The minimum absolute atomic E-state index is 0.163. The minimum atomic E-state index is -0.959. The Bertz CT molecular complexity index is 1110. The van der Waals surface area contributed by atoms with Crippen LogP contribution in [0.4, 0.5) is 5.82 Å². The standard InChI is InChI=1S/C22H21N5O3/c1-13-4-5-15(19-20(28)22(2,3)30-27-19)10-16(13)17-11-25-18(12-24-17)26-21(29)14-6-8-23-9-7-14/h4-6,8,10-12H,7,9H2,1-3H3,(H,25,26,29). The van der Waals surface area contributed by atoms with E-state index < -0.39 is 5.60 Å². The summed E-state index contributed by atoms with van der Waals surface area (Å²) >= 11 is 0. The third-order valence-electron chi connectivity index (χ3n) is 4.99.